The van der Waals surface area contributed by atoms with Crippen molar-refractivity contribution in [2.45, 2.75) is 27.3 Å². The zero-order valence-corrected chi connectivity index (χ0v) is 15.8. The van der Waals surface area contributed by atoms with E-state index in [0.29, 0.717) is 34.1 Å². The minimum absolute atomic E-state index is 0.0111. The fourth-order valence-corrected chi connectivity index (χ4v) is 2.72. The second-order valence-corrected chi connectivity index (χ2v) is 6.67. The maximum atomic E-state index is 12.4. The van der Waals surface area contributed by atoms with Crippen LogP contribution in [0.1, 0.15) is 30.5 Å². The predicted octanol–water partition coefficient (Wildman–Crippen LogP) is 3.80. The van der Waals surface area contributed by atoms with Gasteiger partial charge in [-0.1, -0.05) is 25.4 Å². The Morgan fingerprint density at radius 1 is 1.46 bits per heavy atom. The maximum Gasteiger partial charge on any atom is 0.271 e. The Morgan fingerprint density at radius 2 is 2.15 bits per heavy atom. The number of hydrogen-bond acceptors (Lipinski definition) is 5. The number of benzene rings is 1. The highest BCUT2D eigenvalue weighted by Crippen LogP contribution is 2.31. The van der Waals surface area contributed by atoms with E-state index < -0.39 is 5.56 Å². The van der Waals surface area contributed by atoms with E-state index >= 15 is 0 Å². The molecule has 2 aromatic rings. The summed E-state index contributed by atoms with van der Waals surface area (Å²) in [6, 6.07) is 6.91. The molecule has 0 aliphatic carbocycles. The Hall–Kier alpha value is -2.78. The predicted molar refractivity (Wildman–Crippen MR) is 102 cm³/mol. The van der Waals surface area contributed by atoms with E-state index in [-0.39, 0.29) is 17.4 Å². The number of aromatic hydroxyl groups is 1. The summed E-state index contributed by atoms with van der Waals surface area (Å²) >= 11 is 6.00. The normalized spacial score (nSPS) is 11.1. The highest BCUT2D eigenvalue weighted by molar-refractivity contribution is 6.30. The number of methoxy groups -OCH3 is 1. The molecule has 0 unspecified atom stereocenters. The van der Waals surface area contributed by atoms with E-state index in [1.807, 2.05) is 19.9 Å². The van der Waals surface area contributed by atoms with Gasteiger partial charge in [0.05, 0.1) is 12.7 Å². The highest BCUT2D eigenvalue weighted by Gasteiger charge is 2.18. The van der Waals surface area contributed by atoms with Crippen LogP contribution in [0, 0.1) is 24.2 Å². The Kier molecular flexibility index (Phi) is 6.06. The van der Waals surface area contributed by atoms with Crippen LogP contribution in [-0.4, -0.2) is 23.0 Å². The largest absolute Gasteiger partial charge is 0.494 e. The van der Waals surface area contributed by atoms with Crippen molar-refractivity contribution < 1.29 is 9.84 Å². The van der Waals surface area contributed by atoms with Crippen LogP contribution in [-0.2, 0) is 6.54 Å². The molecule has 0 aliphatic rings. The summed E-state index contributed by atoms with van der Waals surface area (Å²) in [4.78, 5) is 16.8. The van der Waals surface area contributed by atoms with Crippen LogP contribution in [0.25, 0.3) is 0 Å². The van der Waals surface area contributed by atoms with E-state index in [4.69, 9.17) is 16.3 Å². The molecule has 0 amide bonds. The Labute approximate surface area is 156 Å². The molecule has 1 N–H and O–H groups in total. The summed E-state index contributed by atoms with van der Waals surface area (Å²) in [5.41, 5.74) is 0.638. The Bertz CT molecular complexity index is 956. The molecule has 1 heterocycles. The SMILES string of the molecule is COc1ccc(Cl)cc1N=Cc1c(C)c(C#N)c(=O)n(CC(C)C)c1O. The molecule has 0 fully saturated rings. The van der Waals surface area contributed by atoms with Crippen LogP contribution < -0.4 is 10.3 Å². The fourth-order valence-electron chi connectivity index (χ4n) is 2.56. The minimum Gasteiger partial charge on any atom is -0.494 e. The van der Waals surface area contributed by atoms with Gasteiger partial charge in [0, 0.05) is 17.8 Å². The number of rotatable bonds is 5. The quantitative estimate of drug-likeness (QED) is 0.807. The molecular weight excluding hydrogens is 354 g/mol. The van der Waals surface area contributed by atoms with Gasteiger partial charge in [-0.2, -0.15) is 5.26 Å². The average Bonchev–Trinajstić information content (AvgIpc) is 2.59. The molecule has 0 radical (unpaired) electrons. The minimum atomic E-state index is -0.506. The topological polar surface area (TPSA) is 87.6 Å². The van der Waals surface area contributed by atoms with Crippen molar-refractivity contribution in [3.8, 4) is 17.7 Å². The van der Waals surface area contributed by atoms with E-state index in [1.165, 1.54) is 17.9 Å². The molecule has 1 aromatic carbocycles. The van der Waals surface area contributed by atoms with Gasteiger partial charge in [0.25, 0.3) is 5.56 Å². The fraction of sp³-hybridized carbons (Fsp3) is 0.316. The number of pyridine rings is 1. The van der Waals surface area contributed by atoms with Gasteiger partial charge in [-0.05, 0) is 36.6 Å². The van der Waals surface area contributed by atoms with Crippen molar-refractivity contribution in [3.05, 3.63) is 50.3 Å². The van der Waals surface area contributed by atoms with Crippen molar-refractivity contribution in [2.24, 2.45) is 10.9 Å². The number of ether oxygens (including phenoxy) is 1. The Balaban J connectivity index is 2.65. The van der Waals surface area contributed by atoms with Crippen LogP contribution in [0.3, 0.4) is 0 Å². The van der Waals surface area contributed by atoms with Crippen molar-refractivity contribution in [1.29, 1.82) is 5.26 Å². The summed E-state index contributed by atoms with van der Waals surface area (Å²) in [6.45, 7) is 5.74. The van der Waals surface area contributed by atoms with Crippen LogP contribution in [0.4, 0.5) is 5.69 Å². The van der Waals surface area contributed by atoms with Gasteiger partial charge in [0.15, 0.2) is 0 Å². The van der Waals surface area contributed by atoms with Gasteiger partial charge >= 0.3 is 0 Å². The number of hydrogen-bond donors (Lipinski definition) is 1. The molecule has 2 rings (SSSR count). The molecule has 0 saturated carbocycles. The monoisotopic (exact) mass is 373 g/mol. The molecule has 0 bridgehead atoms. The molecule has 1 aromatic heterocycles. The number of nitrogens with zero attached hydrogens (tertiary/aromatic N) is 3. The molecule has 136 valence electrons. The summed E-state index contributed by atoms with van der Waals surface area (Å²) < 4.78 is 6.45. The summed E-state index contributed by atoms with van der Waals surface area (Å²) in [5.74, 6) is 0.411. The van der Waals surface area contributed by atoms with Crippen molar-refractivity contribution in [1.82, 2.24) is 4.57 Å². The van der Waals surface area contributed by atoms with Crippen LogP contribution in [0.15, 0.2) is 28.0 Å². The lowest BCUT2D eigenvalue weighted by atomic mass is 10.1. The van der Waals surface area contributed by atoms with Gasteiger partial charge in [0.1, 0.15) is 23.1 Å². The lowest BCUT2D eigenvalue weighted by Crippen LogP contribution is -2.27. The third kappa shape index (κ3) is 3.89. The molecule has 0 saturated heterocycles. The number of nitriles is 1. The lowest BCUT2D eigenvalue weighted by Gasteiger charge is -2.15. The maximum absolute atomic E-state index is 12.4. The first kappa shape index (κ1) is 19.5. The molecular formula is C19H20ClN3O3. The first-order valence-corrected chi connectivity index (χ1v) is 8.42. The summed E-state index contributed by atoms with van der Waals surface area (Å²) in [6.07, 6.45) is 1.41. The van der Waals surface area contributed by atoms with Gasteiger partial charge in [0.2, 0.25) is 5.88 Å². The summed E-state index contributed by atoms with van der Waals surface area (Å²) in [7, 11) is 1.52. The molecule has 0 atom stereocenters. The zero-order valence-electron chi connectivity index (χ0n) is 15.1. The van der Waals surface area contributed by atoms with Crippen molar-refractivity contribution in [3.63, 3.8) is 0 Å². The highest BCUT2D eigenvalue weighted by atomic mass is 35.5. The number of aliphatic imine (C=N–C) groups is 1. The lowest BCUT2D eigenvalue weighted by molar-refractivity contribution is 0.381. The van der Waals surface area contributed by atoms with Crippen LogP contribution in [0.5, 0.6) is 11.6 Å². The van der Waals surface area contributed by atoms with Crippen molar-refractivity contribution >= 4 is 23.5 Å². The first-order valence-electron chi connectivity index (χ1n) is 8.04. The number of aromatic nitrogens is 1. The molecule has 0 spiro atoms. The molecule has 0 aliphatic heterocycles. The molecule has 7 heteroatoms. The van der Waals surface area contributed by atoms with E-state index in [9.17, 15) is 15.2 Å². The first-order chi connectivity index (χ1) is 12.3. The second kappa shape index (κ2) is 8.07. The third-order valence-electron chi connectivity index (χ3n) is 3.87. The zero-order chi connectivity index (χ0) is 19.4. The molecule has 6 nitrogen and oxygen atoms in total. The van der Waals surface area contributed by atoms with Crippen LogP contribution in [0.2, 0.25) is 5.02 Å². The Morgan fingerprint density at radius 3 is 2.73 bits per heavy atom. The standard InChI is InChI=1S/C19H20ClN3O3/c1-11(2)10-23-18(24)14(8-21)12(3)15(19(23)25)9-22-16-7-13(20)5-6-17(16)26-4/h5-7,9,11,25H,10H2,1-4H3. The van der Waals surface area contributed by atoms with Crippen molar-refractivity contribution in [2.75, 3.05) is 7.11 Å². The number of halogens is 1. The smallest absolute Gasteiger partial charge is 0.271 e. The van der Waals surface area contributed by atoms with Crippen LogP contribution >= 0.6 is 11.6 Å². The third-order valence-corrected chi connectivity index (χ3v) is 4.10. The average molecular weight is 374 g/mol. The van der Waals surface area contributed by atoms with E-state index in [2.05, 4.69) is 4.99 Å². The van der Waals surface area contributed by atoms with Gasteiger partial charge in [-0.25, -0.2) is 0 Å². The van der Waals surface area contributed by atoms with Gasteiger partial charge in [-0.3, -0.25) is 14.4 Å². The van der Waals surface area contributed by atoms with E-state index in [0.717, 1.165) is 0 Å². The molecule has 26 heavy (non-hydrogen) atoms. The van der Waals surface area contributed by atoms with Gasteiger partial charge in [-0.15, -0.1) is 0 Å². The van der Waals surface area contributed by atoms with E-state index in [1.54, 1.807) is 25.1 Å². The van der Waals surface area contributed by atoms with Gasteiger partial charge < -0.3 is 9.84 Å². The second-order valence-electron chi connectivity index (χ2n) is 6.23. The summed E-state index contributed by atoms with van der Waals surface area (Å²) in [5, 5.41) is 20.4.